The first-order valence-corrected chi connectivity index (χ1v) is 9.59. The number of nitro groups is 1. The van der Waals surface area contributed by atoms with E-state index in [1.165, 1.54) is 57.4 Å². The molecule has 25 heavy (non-hydrogen) atoms. The van der Waals surface area contributed by atoms with Crippen LogP contribution in [0, 0.1) is 17.0 Å². The van der Waals surface area contributed by atoms with Crippen LogP contribution in [0.1, 0.15) is 87.1 Å². The number of unbranched alkanes of at least 4 members (excludes halogenated alkanes) is 9. The lowest BCUT2D eigenvalue weighted by molar-refractivity contribution is -0.385. The highest BCUT2D eigenvalue weighted by molar-refractivity contribution is 5.94. The highest BCUT2D eigenvalue weighted by atomic mass is 16.6. The molecule has 0 unspecified atom stereocenters. The first-order valence-electron chi connectivity index (χ1n) is 9.59. The molecule has 0 spiro atoms. The fourth-order valence-corrected chi connectivity index (χ4v) is 2.86. The Kier molecular flexibility index (Phi) is 10.5. The molecule has 0 heterocycles. The van der Waals surface area contributed by atoms with Gasteiger partial charge in [0.25, 0.3) is 11.6 Å². The quantitative estimate of drug-likeness (QED) is 0.288. The van der Waals surface area contributed by atoms with Crippen LogP contribution >= 0.6 is 0 Å². The maximum absolute atomic E-state index is 12.1. The fraction of sp³-hybridized carbons (Fsp3) is 0.650. The van der Waals surface area contributed by atoms with E-state index in [0.717, 1.165) is 12.8 Å². The summed E-state index contributed by atoms with van der Waals surface area (Å²) in [6, 6.07) is 4.60. The normalized spacial score (nSPS) is 10.6. The second kappa shape index (κ2) is 12.5. The molecule has 0 aliphatic rings. The van der Waals surface area contributed by atoms with Gasteiger partial charge in [0.1, 0.15) is 0 Å². The Morgan fingerprint density at radius 3 is 2.12 bits per heavy atom. The Morgan fingerprint density at radius 1 is 1.00 bits per heavy atom. The smallest absolute Gasteiger partial charge is 0.273 e. The van der Waals surface area contributed by atoms with Crippen molar-refractivity contribution in [2.75, 3.05) is 6.54 Å². The molecule has 1 aromatic rings. The summed E-state index contributed by atoms with van der Waals surface area (Å²) in [7, 11) is 0. The summed E-state index contributed by atoms with van der Waals surface area (Å²) in [6.07, 6.45) is 12.5. The minimum absolute atomic E-state index is 0.00779. The Hall–Kier alpha value is -1.91. The zero-order valence-corrected chi connectivity index (χ0v) is 15.7. The Morgan fingerprint density at radius 2 is 1.56 bits per heavy atom. The van der Waals surface area contributed by atoms with Gasteiger partial charge in [0, 0.05) is 23.7 Å². The van der Waals surface area contributed by atoms with Gasteiger partial charge in [0.2, 0.25) is 0 Å². The van der Waals surface area contributed by atoms with Crippen LogP contribution in [0.3, 0.4) is 0 Å². The van der Waals surface area contributed by atoms with Gasteiger partial charge in [-0.3, -0.25) is 14.9 Å². The molecule has 1 amide bonds. The molecular formula is C20H32N2O3. The molecule has 5 heteroatoms. The lowest BCUT2D eigenvalue weighted by Gasteiger charge is -2.06. The van der Waals surface area contributed by atoms with Gasteiger partial charge in [-0.2, -0.15) is 0 Å². The molecule has 0 bridgehead atoms. The van der Waals surface area contributed by atoms with Gasteiger partial charge in [-0.25, -0.2) is 0 Å². The standard InChI is InChI=1S/C20H32N2O3/c1-3-4-5-6-7-8-9-10-11-12-15-21-20(23)18-14-13-17(2)19(16-18)22(24)25/h13-14,16H,3-12,15H2,1-2H3,(H,21,23). The third-order valence-corrected chi connectivity index (χ3v) is 4.48. The molecule has 5 nitrogen and oxygen atoms in total. The zero-order valence-electron chi connectivity index (χ0n) is 15.7. The number of rotatable bonds is 13. The summed E-state index contributed by atoms with van der Waals surface area (Å²) < 4.78 is 0. The van der Waals surface area contributed by atoms with Crippen LogP contribution in [-0.2, 0) is 0 Å². The van der Waals surface area contributed by atoms with Gasteiger partial charge < -0.3 is 5.32 Å². The summed E-state index contributed by atoms with van der Waals surface area (Å²) in [6.45, 7) is 4.53. The van der Waals surface area contributed by atoms with Crippen LogP contribution in [0.15, 0.2) is 18.2 Å². The molecule has 0 fully saturated rings. The largest absolute Gasteiger partial charge is 0.352 e. The molecule has 0 aliphatic carbocycles. The lowest BCUT2D eigenvalue weighted by atomic mass is 10.1. The van der Waals surface area contributed by atoms with Gasteiger partial charge in [-0.15, -0.1) is 0 Å². The van der Waals surface area contributed by atoms with Gasteiger partial charge in [0.15, 0.2) is 0 Å². The van der Waals surface area contributed by atoms with Crippen LogP contribution in [0.4, 0.5) is 5.69 Å². The van der Waals surface area contributed by atoms with E-state index >= 15 is 0 Å². The van der Waals surface area contributed by atoms with Crippen molar-refractivity contribution in [3.63, 3.8) is 0 Å². The molecule has 1 N–H and O–H groups in total. The molecule has 0 aromatic heterocycles. The highest BCUT2D eigenvalue weighted by Crippen LogP contribution is 2.19. The van der Waals surface area contributed by atoms with E-state index in [9.17, 15) is 14.9 Å². The lowest BCUT2D eigenvalue weighted by Crippen LogP contribution is -2.24. The van der Waals surface area contributed by atoms with E-state index in [1.807, 2.05) is 0 Å². The molecule has 0 saturated carbocycles. The molecule has 0 saturated heterocycles. The Balaban J connectivity index is 2.13. The van der Waals surface area contributed by atoms with Crippen molar-refractivity contribution in [2.24, 2.45) is 0 Å². The van der Waals surface area contributed by atoms with Crippen molar-refractivity contribution < 1.29 is 9.72 Å². The molecule has 0 aliphatic heterocycles. The van der Waals surface area contributed by atoms with Crippen LogP contribution in [0.5, 0.6) is 0 Å². The van der Waals surface area contributed by atoms with E-state index in [2.05, 4.69) is 12.2 Å². The van der Waals surface area contributed by atoms with Crippen LogP contribution < -0.4 is 5.32 Å². The predicted octanol–water partition coefficient (Wildman–Crippen LogP) is 5.55. The molecule has 140 valence electrons. The number of amides is 1. The van der Waals surface area contributed by atoms with Crippen molar-refractivity contribution in [3.05, 3.63) is 39.4 Å². The van der Waals surface area contributed by atoms with Gasteiger partial charge in [0.05, 0.1) is 4.92 Å². The number of hydrogen-bond acceptors (Lipinski definition) is 3. The van der Waals surface area contributed by atoms with Crippen LogP contribution in [0.25, 0.3) is 0 Å². The first kappa shape index (κ1) is 21.1. The van der Waals surface area contributed by atoms with Crippen molar-refractivity contribution in [3.8, 4) is 0 Å². The summed E-state index contributed by atoms with van der Waals surface area (Å²) in [5.41, 5.74) is 0.909. The third-order valence-electron chi connectivity index (χ3n) is 4.48. The van der Waals surface area contributed by atoms with Crippen molar-refractivity contribution in [2.45, 2.75) is 78.1 Å². The number of benzene rings is 1. The summed E-state index contributed by atoms with van der Waals surface area (Å²) >= 11 is 0. The number of nitro benzene ring substituents is 1. The number of hydrogen-bond donors (Lipinski definition) is 1. The number of aryl methyl sites for hydroxylation is 1. The van der Waals surface area contributed by atoms with Crippen molar-refractivity contribution >= 4 is 11.6 Å². The first-order chi connectivity index (χ1) is 12.1. The minimum atomic E-state index is -0.450. The number of nitrogens with one attached hydrogen (secondary N) is 1. The van der Waals surface area contributed by atoms with Crippen molar-refractivity contribution in [1.29, 1.82) is 0 Å². The fourth-order valence-electron chi connectivity index (χ4n) is 2.86. The van der Waals surface area contributed by atoms with E-state index in [1.54, 1.807) is 19.1 Å². The van der Waals surface area contributed by atoms with E-state index in [4.69, 9.17) is 0 Å². The molecule has 0 radical (unpaired) electrons. The number of carbonyl (C=O) groups is 1. The maximum Gasteiger partial charge on any atom is 0.273 e. The minimum Gasteiger partial charge on any atom is -0.352 e. The highest BCUT2D eigenvalue weighted by Gasteiger charge is 2.14. The monoisotopic (exact) mass is 348 g/mol. The summed E-state index contributed by atoms with van der Waals surface area (Å²) in [4.78, 5) is 22.5. The topological polar surface area (TPSA) is 72.2 Å². The molecule has 1 rings (SSSR count). The maximum atomic E-state index is 12.1. The van der Waals surface area contributed by atoms with E-state index in [-0.39, 0.29) is 11.6 Å². The Bertz CT molecular complexity index is 544. The SMILES string of the molecule is CCCCCCCCCCCCNC(=O)c1ccc(C)c([N+](=O)[O-])c1. The average Bonchev–Trinajstić information content (AvgIpc) is 2.59. The third kappa shape index (κ3) is 8.66. The second-order valence-electron chi connectivity index (χ2n) is 6.70. The van der Waals surface area contributed by atoms with E-state index in [0.29, 0.717) is 17.7 Å². The summed E-state index contributed by atoms with van der Waals surface area (Å²) in [5, 5.41) is 13.8. The van der Waals surface area contributed by atoms with Gasteiger partial charge in [-0.1, -0.05) is 70.8 Å². The van der Waals surface area contributed by atoms with Crippen LogP contribution in [-0.4, -0.2) is 17.4 Å². The summed E-state index contributed by atoms with van der Waals surface area (Å²) in [5.74, 6) is -0.237. The van der Waals surface area contributed by atoms with Gasteiger partial charge >= 0.3 is 0 Å². The van der Waals surface area contributed by atoms with Crippen molar-refractivity contribution in [1.82, 2.24) is 5.32 Å². The zero-order chi connectivity index (χ0) is 18.5. The Labute approximate surface area is 151 Å². The molecule has 1 aromatic carbocycles. The predicted molar refractivity (Wildman–Crippen MR) is 102 cm³/mol. The second-order valence-corrected chi connectivity index (χ2v) is 6.70. The number of carbonyl (C=O) groups excluding carboxylic acids is 1. The number of nitrogens with zero attached hydrogens (tertiary/aromatic N) is 1. The molecule has 0 atom stereocenters. The van der Waals surface area contributed by atoms with E-state index < -0.39 is 4.92 Å². The molecular weight excluding hydrogens is 316 g/mol. The average molecular weight is 348 g/mol. The van der Waals surface area contributed by atoms with Gasteiger partial charge in [-0.05, 0) is 19.4 Å². The van der Waals surface area contributed by atoms with Crippen LogP contribution in [0.2, 0.25) is 0 Å².